The van der Waals surface area contributed by atoms with E-state index in [2.05, 4.69) is 4.98 Å². The summed E-state index contributed by atoms with van der Waals surface area (Å²) >= 11 is 0. The number of ketones is 1. The molecule has 0 atom stereocenters. The molecule has 0 bridgehead atoms. The van der Waals surface area contributed by atoms with Gasteiger partial charge in [-0.1, -0.05) is 38.2 Å². The molecule has 0 spiro atoms. The first kappa shape index (κ1) is 10.3. The molecule has 1 aromatic rings. The quantitative estimate of drug-likeness (QED) is 0.706. The summed E-state index contributed by atoms with van der Waals surface area (Å²) in [5.74, 6) is 0.816. The number of carbonyl (C=O) groups excluding carboxylic acids is 1. The summed E-state index contributed by atoms with van der Waals surface area (Å²) in [6.45, 7) is 0. The highest BCUT2D eigenvalue weighted by Gasteiger charge is 2.18. The Labute approximate surface area is 90.7 Å². The summed E-state index contributed by atoms with van der Waals surface area (Å²) in [6.07, 6.45) is 8.75. The summed E-state index contributed by atoms with van der Waals surface area (Å²) < 4.78 is 0. The average molecular weight is 203 g/mol. The molecular weight excluding hydrogens is 186 g/mol. The Hall–Kier alpha value is -1.18. The number of rotatable bonds is 3. The Bertz CT molecular complexity index is 315. The number of hydrogen-bond acceptors (Lipinski definition) is 2. The maximum absolute atomic E-state index is 11.9. The normalized spacial score (nSPS) is 17.6. The van der Waals surface area contributed by atoms with Gasteiger partial charge >= 0.3 is 0 Å². The molecule has 1 aliphatic carbocycles. The van der Waals surface area contributed by atoms with Crippen LogP contribution in [0, 0.1) is 5.92 Å². The third-order valence-corrected chi connectivity index (χ3v) is 3.15. The first-order chi connectivity index (χ1) is 7.36. The maximum atomic E-state index is 11.9. The number of pyridine rings is 1. The Morgan fingerprint density at radius 3 is 2.73 bits per heavy atom. The van der Waals surface area contributed by atoms with E-state index in [0.29, 0.717) is 18.0 Å². The van der Waals surface area contributed by atoms with Crippen LogP contribution in [0.5, 0.6) is 0 Å². The molecule has 15 heavy (non-hydrogen) atoms. The van der Waals surface area contributed by atoms with Crippen LogP contribution in [0.15, 0.2) is 24.4 Å². The number of nitrogens with zero attached hydrogens (tertiary/aromatic N) is 1. The van der Waals surface area contributed by atoms with Crippen molar-refractivity contribution in [3.63, 3.8) is 0 Å². The summed E-state index contributed by atoms with van der Waals surface area (Å²) in [4.78, 5) is 15.9. The zero-order valence-corrected chi connectivity index (χ0v) is 8.98. The first-order valence-electron chi connectivity index (χ1n) is 5.80. The van der Waals surface area contributed by atoms with Crippen LogP contribution >= 0.6 is 0 Å². The predicted octanol–water partition coefficient (Wildman–Crippen LogP) is 3.23. The average Bonchev–Trinajstić information content (AvgIpc) is 2.31. The van der Waals surface area contributed by atoms with Gasteiger partial charge in [-0.3, -0.25) is 9.78 Å². The van der Waals surface area contributed by atoms with E-state index in [0.717, 1.165) is 0 Å². The molecule has 80 valence electrons. The molecule has 1 heterocycles. The summed E-state index contributed by atoms with van der Waals surface area (Å²) in [5, 5.41) is 0. The fraction of sp³-hybridized carbons (Fsp3) is 0.538. The van der Waals surface area contributed by atoms with Crippen LogP contribution < -0.4 is 0 Å². The molecule has 0 aromatic carbocycles. The van der Waals surface area contributed by atoms with E-state index in [1.807, 2.05) is 18.2 Å². The van der Waals surface area contributed by atoms with Crippen LogP contribution in [0.25, 0.3) is 0 Å². The van der Waals surface area contributed by atoms with E-state index in [-0.39, 0.29) is 5.78 Å². The van der Waals surface area contributed by atoms with Crippen LogP contribution in [0.3, 0.4) is 0 Å². The molecular formula is C13H17NO. The lowest BCUT2D eigenvalue weighted by molar-refractivity contribution is 0.0945. The van der Waals surface area contributed by atoms with E-state index in [1.165, 1.54) is 32.1 Å². The molecule has 2 nitrogen and oxygen atoms in total. The highest BCUT2D eigenvalue weighted by atomic mass is 16.1. The van der Waals surface area contributed by atoms with Gasteiger partial charge in [0.05, 0.1) is 0 Å². The second-order valence-corrected chi connectivity index (χ2v) is 4.35. The van der Waals surface area contributed by atoms with Crippen LogP contribution in [-0.2, 0) is 0 Å². The zero-order valence-electron chi connectivity index (χ0n) is 8.98. The molecule has 2 rings (SSSR count). The third-order valence-electron chi connectivity index (χ3n) is 3.15. The Morgan fingerprint density at radius 1 is 1.27 bits per heavy atom. The zero-order chi connectivity index (χ0) is 10.5. The van der Waals surface area contributed by atoms with Gasteiger partial charge in [-0.25, -0.2) is 0 Å². The lowest BCUT2D eigenvalue weighted by Gasteiger charge is -2.20. The minimum Gasteiger partial charge on any atom is -0.292 e. The van der Waals surface area contributed by atoms with Gasteiger partial charge in [0.1, 0.15) is 5.69 Å². The van der Waals surface area contributed by atoms with Crippen LogP contribution in [-0.4, -0.2) is 10.8 Å². The minimum atomic E-state index is 0.211. The van der Waals surface area contributed by atoms with Gasteiger partial charge in [0.25, 0.3) is 0 Å². The number of hydrogen-bond donors (Lipinski definition) is 0. The van der Waals surface area contributed by atoms with Crippen molar-refractivity contribution in [3.8, 4) is 0 Å². The van der Waals surface area contributed by atoms with Crippen molar-refractivity contribution in [2.75, 3.05) is 0 Å². The Kier molecular flexibility index (Phi) is 3.49. The first-order valence-corrected chi connectivity index (χ1v) is 5.80. The van der Waals surface area contributed by atoms with E-state index >= 15 is 0 Å². The molecule has 2 heteroatoms. The van der Waals surface area contributed by atoms with Crippen molar-refractivity contribution in [2.24, 2.45) is 5.92 Å². The van der Waals surface area contributed by atoms with Gasteiger partial charge < -0.3 is 0 Å². The fourth-order valence-corrected chi connectivity index (χ4v) is 2.29. The van der Waals surface area contributed by atoms with Crippen molar-refractivity contribution in [2.45, 2.75) is 38.5 Å². The molecule has 0 saturated heterocycles. The maximum Gasteiger partial charge on any atom is 0.181 e. The van der Waals surface area contributed by atoms with E-state index in [4.69, 9.17) is 0 Å². The third kappa shape index (κ3) is 2.88. The van der Waals surface area contributed by atoms with Crippen molar-refractivity contribution in [3.05, 3.63) is 30.1 Å². The molecule has 1 aliphatic rings. The molecule has 0 radical (unpaired) electrons. The minimum absolute atomic E-state index is 0.211. The van der Waals surface area contributed by atoms with Crippen LogP contribution in [0.4, 0.5) is 0 Å². The second kappa shape index (κ2) is 5.06. The lowest BCUT2D eigenvalue weighted by atomic mass is 9.85. The Balaban J connectivity index is 1.91. The van der Waals surface area contributed by atoms with Crippen molar-refractivity contribution in [1.82, 2.24) is 4.98 Å². The van der Waals surface area contributed by atoms with Gasteiger partial charge in [0.2, 0.25) is 0 Å². The lowest BCUT2D eigenvalue weighted by Crippen LogP contribution is -2.13. The monoisotopic (exact) mass is 203 g/mol. The summed E-state index contributed by atoms with van der Waals surface area (Å²) in [6, 6.07) is 5.53. The van der Waals surface area contributed by atoms with Crippen LogP contribution in [0.1, 0.15) is 49.0 Å². The van der Waals surface area contributed by atoms with Gasteiger partial charge in [-0.05, 0) is 18.1 Å². The summed E-state index contributed by atoms with van der Waals surface area (Å²) in [5.41, 5.74) is 0.628. The van der Waals surface area contributed by atoms with E-state index < -0.39 is 0 Å². The fourth-order valence-electron chi connectivity index (χ4n) is 2.29. The molecule has 0 amide bonds. The molecule has 1 saturated carbocycles. The largest absolute Gasteiger partial charge is 0.292 e. The van der Waals surface area contributed by atoms with Gasteiger partial charge in [-0.2, -0.15) is 0 Å². The topological polar surface area (TPSA) is 30.0 Å². The second-order valence-electron chi connectivity index (χ2n) is 4.35. The number of aromatic nitrogens is 1. The van der Waals surface area contributed by atoms with Crippen molar-refractivity contribution in [1.29, 1.82) is 0 Å². The van der Waals surface area contributed by atoms with Gasteiger partial charge in [0, 0.05) is 12.6 Å². The van der Waals surface area contributed by atoms with Crippen LogP contribution in [0.2, 0.25) is 0 Å². The molecule has 1 aromatic heterocycles. The van der Waals surface area contributed by atoms with E-state index in [1.54, 1.807) is 6.20 Å². The van der Waals surface area contributed by atoms with Gasteiger partial charge in [0.15, 0.2) is 5.78 Å². The standard InChI is InChI=1S/C13H17NO/c15-13(12-8-4-5-9-14-12)10-11-6-2-1-3-7-11/h4-5,8-9,11H,1-3,6-7,10H2. The Morgan fingerprint density at radius 2 is 2.07 bits per heavy atom. The highest BCUT2D eigenvalue weighted by Crippen LogP contribution is 2.27. The highest BCUT2D eigenvalue weighted by molar-refractivity contribution is 5.94. The molecule has 1 fully saturated rings. The smallest absolute Gasteiger partial charge is 0.181 e. The van der Waals surface area contributed by atoms with E-state index in [9.17, 15) is 4.79 Å². The molecule has 0 unspecified atom stereocenters. The van der Waals surface area contributed by atoms with Crippen molar-refractivity contribution < 1.29 is 4.79 Å². The summed E-state index contributed by atoms with van der Waals surface area (Å²) in [7, 11) is 0. The molecule has 0 aliphatic heterocycles. The van der Waals surface area contributed by atoms with Crippen molar-refractivity contribution >= 4 is 5.78 Å². The number of Topliss-reactive ketones (excluding diaryl/α,β-unsaturated/α-hetero) is 1. The molecule has 0 N–H and O–H groups in total. The predicted molar refractivity (Wildman–Crippen MR) is 59.8 cm³/mol. The SMILES string of the molecule is O=C(CC1CCCCC1)c1ccccn1. The number of carbonyl (C=O) groups is 1. The van der Waals surface area contributed by atoms with Gasteiger partial charge in [-0.15, -0.1) is 0 Å².